The smallest absolute Gasteiger partial charge is 0.260 e. The first-order valence-corrected chi connectivity index (χ1v) is 10.7. The van der Waals surface area contributed by atoms with E-state index in [1.54, 1.807) is 18.2 Å². The number of fused-ring (bicyclic) bond motifs is 1. The summed E-state index contributed by atoms with van der Waals surface area (Å²) in [7, 11) is -1.51. The first-order valence-electron chi connectivity index (χ1n) is 9.54. The van der Waals surface area contributed by atoms with E-state index in [1.807, 2.05) is 0 Å². The van der Waals surface area contributed by atoms with Crippen LogP contribution in [0.1, 0.15) is 28.0 Å². The van der Waals surface area contributed by atoms with Gasteiger partial charge in [0.1, 0.15) is 17.3 Å². The van der Waals surface area contributed by atoms with E-state index in [9.17, 15) is 13.2 Å². The summed E-state index contributed by atoms with van der Waals surface area (Å²) in [5, 5.41) is 16.2. The van der Waals surface area contributed by atoms with Gasteiger partial charge in [0, 0.05) is 17.7 Å². The number of benzene rings is 1. The number of nitrogens with one attached hydrogen (secondary N) is 2. The Bertz CT molecular complexity index is 1130. The predicted molar refractivity (Wildman–Crippen MR) is 113 cm³/mol. The Hall–Kier alpha value is -3.31. The zero-order valence-corrected chi connectivity index (χ0v) is 17.6. The largest absolute Gasteiger partial charge is 0.497 e. The number of carbonyl (C=O) groups excluding carboxylic acids is 1. The van der Waals surface area contributed by atoms with Crippen molar-refractivity contribution in [1.29, 1.82) is 10.8 Å². The number of anilines is 1. The third kappa shape index (κ3) is 3.77. The highest BCUT2D eigenvalue weighted by atomic mass is 32.2. The van der Waals surface area contributed by atoms with Gasteiger partial charge in [0.25, 0.3) is 5.91 Å². The molecule has 4 rings (SSSR count). The van der Waals surface area contributed by atoms with Gasteiger partial charge in [-0.1, -0.05) is 6.07 Å². The molecule has 2 aromatic rings. The van der Waals surface area contributed by atoms with Crippen molar-refractivity contribution in [3.63, 3.8) is 0 Å². The van der Waals surface area contributed by atoms with Crippen molar-refractivity contribution < 1.29 is 22.7 Å². The summed E-state index contributed by atoms with van der Waals surface area (Å²) >= 11 is 0. The van der Waals surface area contributed by atoms with Crippen molar-refractivity contribution in [3.8, 4) is 5.75 Å². The summed E-state index contributed by atoms with van der Waals surface area (Å²) in [6.45, 7) is 1.05. The molecule has 0 saturated carbocycles. The van der Waals surface area contributed by atoms with Crippen LogP contribution in [0.25, 0.3) is 0 Å². The average Bonchev–Trinajstić information content (AvgIpc) is 3.42. The number of aromatic nitrogens is 1. The number of nitrogens with zero attached hydrogens (tertiary/aromatic N) is 3. The molecule has 0 bridgehead atoms. The van der Waals surface area contributed by atoms with Crippen LogP contribution in [0.3, 0.4) is 0 Å². The summed E-state index contributed by atoms with van der Waals surface area (Å²) in [6.07, 6.45) is 1.78. The van der Waals surface area contributed by atoms with E-state index in [0.29, 0.717) is 36.7 Å². The van der Waals surface area contributed by atoms with E-state index in [1.165, 1.54) is 29.0 Å². The summed E-state index contributed by atoms with van der Waals surface area (Å²) in [6, 6.07) is 7.73. The second-order valence-corrected chi connectivity index (χ2v) is 8.10. The number of hydrogen-bond acceptors (Lipinski definition) is 8. The van der Waals surface area contributed by atoms with Crippen LogP contribution in [0.15, 0.2) is 35.2 Å². The van der Waals surface area contributed by atoms with Crippen molar-refractivity contribution in [2.75, 3.05) is 25.2 Å². The van der Waals surface area contributed by atoms with Crippen LogP contribution in [0.5, 0.6) is 5.75 Å². The molecule has 2 aliphatic heterocycles. The third-order valence-corrected chi connectivity index (χ3v) is 6.17. The lowest BCUT2D eigenvalue weighted by molar-refractivity contribution is 0.0995. The minimum Gasteiger partial charge on any atom is -0.497 e. The van der Waals surface area contributed by atoms with Gasteiger partial charge in [0.15, 0.2) is 16.5 Å². The summed E-state index contributed by atoms with van der Waals surface area (Å²) in [4.78, 5) is 20.4. The number of rotatable bonds is 6. The number of pyridine rings is 1. The Morgan fingerprint density at radius 1 is 1.39 bits per heavy atom. The Kier molecular flexibility index (Phi) is 5.70. The van der Waals surface area contributed by atoms with Crippen molar-refractivity contribution in [1.82, 2.24) is 9.88 Å². The van der Waals surface area contributed by atoms with Gasteiger partial charge in [-0.3, -0.25) is 20.5 Å². The third-order valence-electron chi connectivity index (χ3n) is 5.37. The van der Waals surface area contributed by atoms with Crippen molar-refractivity contribution in [2.24, 2.45) is 0 Å². The Balaban J connectivity index is 1.66. The molecule has 1 atom stereocenters. The molecule has 0 aliphatic carbocycles. The maximum Gasteiger partial charge on any atom is 0.260 e. The minimum atomic E-state index is -2.92. The molecule has 1 aromatic heterocycles. The second-order valence-electron chi connectivity index (χ2n) is 7.10. The molecule has 1 amide bonds. The Labute approximate surface area is 180 Å². The Morgan fingerprint density at radius 2 is 2.19 bits per heavy atom. The molecule has 1 fully saturated rings. The van der Waals surface area contributed by atoms with Gasteiger partial charge in [0.05, 0.1) is 37.5 Å². The van der Waals surface area contributed by atoms with E-state index >= 15 is 0 Å². The molecule has 1 unspecified atom stereocenters. The fourth-order valence-corrected chi connectivity index (χ4v) is 4.40. The number of carbonyl (C=O) groups is 1. The molecule has 1 aromatic carbocycles. The number of ether oxygens (including phenoxy) is 2. The van der Waals surface area contributed by atoms with Gasteiger partial charge in [-0.15, -0.1) is 0 Å². The molecule has 0 radical (unpaired) electrons. The van der Waals surface area contributed by atoms with Gasteiger partial charge < -0.3 is 14.4 Å². The number of amidine groups is 1. The molecule has 3 heterocycles. The molecule has 2 N–H and O–H groups in total. The van der Waals surface area contributed by atoms with Crippen molar-refractivity contribution in [2.45, 2.75) is 23.9 Å². The highest BCUT2D eigenvalue weighted by molar-refractivity contribution is 7.72. The van der Waals surface area contributed by atoms with Gasteiger partial charge in [-0.25, -0.2) is 13.4 Å². The quantitative estimate of drug-likeness (QED) is 0.347. The number of methoxy groups -OCH3 is 1. The molecular formula is C20H21N5O5S. The van der Waals surface area contributed by atoms with Gasteiger partial charge in [0.2, 0.25) is 0 Å². The van der Waals surface area contributed by atoms with Crippen LogP contribution in [-0.4, -0.2) is 62.7 Å². The number of thiol groups is 1. The molecule has 1 saturated heterocycles. The number of hydrogen-bond donors (Lipinski definition) is 3. The zero-order chi connectivity index (χ0) is 22.1. The molecule has 162 valence electrons. The first-order chi connectivity index (χ1) is 14.9. The number of amides is 1. The summed E-state index contributed by atoms with van der Waals surface area (Å²) < 4.78 is 33.9. The highest BCUT2D eigenvalue weighted by Crippen LogP contribution is 2.33. The van der Waals surface area contributed by atoms with Gasteiger partial charge in [-0.05, 0) is 30.7 Å². The molecule has 0 spiro atoms. The second kappa shape index (κ2) is 8.44. The van der Waals surface area contributed by atoms with E-state index in [2.05, 4.69) is 4.98 Å². The zero-order valence-electron chi connectivity index (χ0n) is 16.7. The van der Waals surface area contributed by atoms with Crippen molar-refractivity contribution >= 4 is 34.6 Å². The summed E-state index contributed by atoms with van der Waals surface area (Å²) in [5.74, 6) is 0.215. The van der Waals surface area contributed by atoms with Gasteiger partial charge >= 0.3 is 0 Å². The standard InChI is InChI=1S/C20H21N5O5S/c1-29-13-7-14-15(17(8-13)31(27)28)9-24(20(14)26)18-4-2-3-16(23-18)19(22)25(11-21)12-5-6-30-10-12/h2-4,7-8,11-12,21-22,31H,5-6,9-10H2,1H3. The van der Waals surface area contributed by atoms with Crippen LogP contribution < -0.4 is 9.64 Å². The van der Waals surface area contributed by atoms with Crippen LogP contribution >= 0.6 is 0 Å². The monoisotopic (exact) mass is 443 g/mol. The molecule has 10 nitrogen and oxygen atoms in total. The summed E-state index contributed by atoms with van der Waals surface area (Å²) in [5.41, 5.74) is 0.942. The van der Waals surface area contributed by atoms with Crippen LogP contribution in [0, 0.1) is 10.8 Å². The molecule has 31 heavy (non-hydrogen) atoms. The fourth-order valence-electron chi connectivity index (χ4n) is 3.76. The maximum atomic E-state index is 13.0. The maximum absolute atomic E-state index is 13.0. The minimum absolute atomic E-state index is 0.0292. The van der Waals surface area contributed by atoms with Crippen LogP contribution in [0.2, 0.25) is 0 Å². The SMILES string of the molecule is COc1cc2c(c([SH](=O)=O)c1)CN(c1cccc(C(=N)N(C=N)C3CCOC3)n1)C2=O. The van der Waals surface area contributed by atoms with E-state index < -0.39 is 16.6 Å². The lowest BCUT2D eigenvalue weighted by Crippen LogP contribution is -2.40. The van der Waals surface area contributed by atoms with E-state index in [4.69, 9.17) is 20.3 Å². The fraction of sp³-hybridized carbons (Fsp3) is 0.300. The topological polar surface area (TPSA) is 137 Å². The average molecular weight is 443 g/mol. The lowest BCUT2D eigenvalue weighted by atomic mass is 10.1. The normalized spacial score (nSPS) is 17.7. The van der Waals surface area contributed by atoms with Crippen LogP contribution in [0.4, 0.5) is 5.82 Å². The lowest BCUT2D eigenvalue weighted by Gasteiger charge is -2.25. The predicted octanol–water partition coefficient (Wildman–Crippen LogP) is 1.24. The van der Waals surface area contributed by atoms with Gasteiger partial charge in [-0.2, -0.15) is 0 Å². The van der Waals surface area contributed by atoms with E-state index in [0.717, 1.165) is 6.34 Å². The van der Waals surface area contributed by atoms with Crippen LogP contribution in [-0.2, 0) is 22.0 Å². The highest BCUT2D eigenvalue weighted by Gasteiger charge is 2.33. The molecule has 11 heteroatoms. The van der Waals surface area contributed by atoms with Crippen molar-refractivity contribution in [3.05, 3.63) is 47.2 Å². The first kappa shape index (κ1) is 20.9. The molecule has 2 aliphatic rings. The molecular weight excluding hydrogens is 422 g/mol. The Morgan fingerprint density at radius 3 is 2.84 bits per heavy atom. The van der Waals surface area contributed by atoms with E-state index in [-0.39, 0.29) is 34.6 Å².